The summed E-state index contributed by atoms with van der Waals surface area (Å²) in [5.74, 6) is 0.979. The zero-order valence-corrected chi connectivity index (χ0v) is 17.4. The van der Waals surface area contributed by atoms with Gasteiger partial charge in [-0.3, -0.25) is 9.52 Å². The highest BCUT2D eigenvalue weighted by molar-refractivity contribution is 7.92. The fraction of sp³-hybridized carbons (Fsp3) is 0.174. The number of amides is 1. The van der Waals surface area contributed by atoms with Crippen LogP contribution >= 0.6 is 0 Å². The Hall–Kier alpha value is -3.32. The molecule has 0 bridgehead atoms. The highest BCUT2D eigenvalue weighted by atomic mass is 32.2. The van der Waals surface area contributed by atoms with Gasteiger partial charge in [0.1, 0.15) is 5.75 Å². The quantitative estimate of drug-likeness (QED) is 0.653. The topological polar surface area (TPSA) is 75.7 Å². The van der Waals surface area contributed by atoms with Crippen molar-refractivity contribution in [2.75, 3.05) is 16.2 Å². The third-order valence-electron chi connectivity index (χ3n) is 4.96. The Bertz CT molecular complexity index is 1180. The molecule has 0 fully saturated rings. The minimum absolute atomic E-state index is 0.0447. The van der Waals surface area contributed by atoms with Gasteiger partial charge in [-0.15, -0.1) is 0 Å². The Morgan fingerprint density at radius 1 is 1.00 bits per heavy atom. The third-order valence-corrected chi connectivity index (χ3v) is 6.33. The molecule has 7 heteroatoms. The van der Waals surface area contributed by atoms with Gasteiger partial charge in [-0.05, 0) is 60.9 Å². The first-order valence-electron chi connectivity index (χ1n) is 9.70. The number of nitrogens with zero attached hydrogens (tertiary/aromatic N) is 1. The molecule has 6 nitrogen and oxygen atoms in total. The predicted octanol–water partition coefficient (Wildman–Crippen LogP) is 4.58. The molecule has 1 heterocycles. The summed E-state index contributed by atoms with van der Waals surface area (Å²) in [5.41, 5.74) is 1.98. The maximum atomic E-state index is 13.1. The number of fused-ring (bicyclic) bond motifs is 1. The van der Waals surface area contributed by atoms with Crippen LogP contribution < -0.4 is 14.4 Å². The standard InChI is InChI=1S/C23H22N2O4S/c1-17(26)25-15-7-8-18-16-20(13-14-22(18)25)30(27,28)24-21-11-5-6-12-23(21)29-19-9-3-2-4-10-19/h2-6,9-14,16,24H,7-8,15H2,1H3. The molecule has 1 N–H and O–H groups in total. The van der Waals surface area contributed by atoms with Crippen LogP contribution in [0.5, 0.6) is 11.5 Å². The van der Waals surface area contributed by atoms with Crippen molar-refractivity contribution in [1.29, 1.82) is 0 Å². The SMILES string of the molecule is CC(=O)N1CCCc2cc(S(=O)(=O)Nc3ccccc3Oc3ccccc3)ccc21. The molecule has 3 aromatic carbocycles. The van der Waals surface area contributed by atoms with E-state index in [9.17, 15) is 13.2 Å². The van der Waals surface area contributed by atoms with Crippen LogP contribution in [0.15, 0.2) is 77.7 Å². The van der Waals surface area contributed by atoms with E-state index in [1.807, 2.05) is 18.2 Å². The number of benzene rings is 3. The summed E-state index contributed by atoms with van der Waals surface area (Å²) in [4.78, 5) is 13.7. The monoisotopic (exact) mass is 422 g/mol. The molecule has 0 radical (unpaired) electrons. The number of ether oxygens (including phenoxy) is 1. The molecule has 4 rings (SSSR count). The largest absolute Gasteiger partial charge is 0.455 e. The average Bonchev–Trinajstić information content (AvgIpc) is 2.75. The van der Waals surface area contributed by atoms with Gasteiger partial charge in [0.15, 0.2) is 5.75 Å². The Morgan fingerprint density at radius 2 is 1.73 bits per heavy atom. The molecule has 1 aliphatic heterocycles. The second-order valence-corrected chi connectivity index (χ2v) is 8.76. The second-order valence-electron chi connectivity index (χ2n) is 7.08. The van der Waals surface area contributed by atoms with Crippen LogP contribution in [0, 0.1) is 0 Å². The van der Waals surface area contributed by atoms with E-state index in [0.29, 0.717) is 23.7 Å². The Labute approximate surface area is 176 Å². The van der Waals surface area contributed by atoms with Crippen molar-refractivity contribution >= 4 is 27.3 Å². The summed E-state index contributed by atoms with van der Waals surface area (Å²) in [5, 5.41) is 0. The van der Waals surface area contributed by atoms with Gasteiger partial charge in [0.2, 0.25) is 5.91 Å². The van der Waals surface area contributed by atoms with Crippen molar-refractivity contribution in [2.24, 2.45) is 0 Å². The van der Waals surface area contributed by atoms with Gasteiger partial charge < -0.3 is 9.64 Å². The van der Waals surface area contributed by atoms with Gasteiger partial charge in [0, 0.05) is 19.2 Å². The lowest BCUT2D eigenvalue weighted by molar-refractivity contribution is -0.116. The van der Waals surface area contributed by atoms with Crippen molar-refractivity contribution < 1.29 is 17.9 Å². The molecule has 0 aliphatic carbocycles. The number of para-hydroxylation sites is 3. The van der Waals surface area contributed by atoms with E-state index >= 15 is 0 Å². The van der Waals surface area contributed by atoms with Crippen LogP contribution in [0.3, 0.4) is 0 Å². The molecule has 0 spiro atoms. The predicted molar refractivity (Wildman–Crippen MR) is 117 cm³/mol. The third kappa shape index (κ3) is 4.16. The first kappa shape index (κ1) is 20.0. The molecule has 154 valence electrons. The van der Waals surface area contributed by atoms with Crippen molar-refractivity contribution in [2.45, 2.75) is 24.7 Å². The number of carbonyl (C=O) groups is 1. The first-order valence-corrected chi connectivity index (χ1v) is 11.2. The van der Waals surface area contributed by atoms with Gasteiger partial charge in [-0.2, -0.15) is 0 Å². The number of hydrogen-bond acceptors (Lipinski definition) is 4. The van der Waals surface area contributed by atoms with E-state index in [2.05, 4.69) is 4.72 Å². The Balaban J connectivity index is 1.62. The van der Waals surface area contributed by atoms with Crippen LogP contribution in [0.25, 0.3) is 0 Å². The molecule has 0 saturated heterocycles. The summed E-state index contributed by atoms with van der Waals surface area (Å²) in [6.45, 7) is 2.17. The van der Waals surface area contributed by atoms with Crippen LogP contribution in [0.4, 0.5) is 11.4 Å². The van der Waals surface area contributed by atoms with Gasteiger partial charge in [-0.1, -0.05) is 30.3 Å². The van der Waals surface area contributed by atoms with Crippen molar-refractivity contribution in [3.63, 3.8) is 0 Å². The number of hydrogen-bond donors (Lipinski definition) is 1. The minimum Gasteiger partial charge on any atom is -0.455 e. The van der Waals surface area contributed by atoms with Gasteiger partial charge >= 0.3 is 0 Å². The highest BCUT2D eigenvalue weighted by Crippen LogP contribution is 2.33. The number of carbonyl (C=O) groups excluding carboxylic acids is 1. The van der Waals surface area contributed by atoms with Gasteiger partial charge in [0.05, 0.1) is 10.6 Å². The van der Waals surface area contributed by atoms with E-state index < -0.39 is 10.0 Å². The van der Waals surface area contributed by atoms with E-state index in [1.54, 1.807) is 53.4 Å². The highest BCUT2D eigenvalue weighted by Gasteiger charge is 2.23. The first-order chi connectivity index (χ1) is 14.4. The number of aryl methyl sites for hydroxylation is 1. The molecule has 0 saturated carbocycles. The lowest BCUT2D eigenvalue weighted by Gasteiger charge is -2.28. The summed E-state index contributed by atoms with van der Waals surface area (Å²) >= 11 is 0. The zero-order valence-electron chi connectivity index (χ0n) is 16.5. The molecule has 3 aromatic rings. The molecule has 30 heavy (non-hydrogen) atoms. The van der Waals surface area contributed by atoms with E-state index in [1.165, 1.54) is 13.0 Å². The van der Waals surface area contributed by atoms with Gasteiger partial charge in [-0.25, -0.2) is 8.42 Å². The number of sulfonamides is 1. The number of rotatable bonds is 5. The summed E-state index contributed by atoms with van der Waals surface area (Å²) < 4.78 is 34.6. The molecule has 1 amide bonds. The molecule has 0 aromatic heterocycles. The molecular weight excluding hydrogens is 400 g/mol. The lowest BCUT2D eigenvalue weighted by Crippen LogP contribution is -2.33. The smallest absolute Gasteiger partial charge is 0.262 e. The van der Waals surface area contributed by atoms with Crippen LogP contribution in [0.2, 0.25) is 0 Å². The number of anilines is 2. The fourth-order valence-corrected chi connectivity index (χ4v) is 4.65. The van der Waals surface area contributed by atoms with Crippen LogP contribution in [0.1, 0.15) is 18.9 Å². The minimum atomic E-state index is -3.83. The molecular formula is C23H22N2O4S. The van der Waals surface area contributed by atoms with Crippen LogP contribution in [-0.2, 0) is 21.2 Å². The van der Waals surface area contributed by atoms with E-state index in [-0.39, 0.29) is 10.8 Å². The fourth-order valence-electron chi connectivity index (χ4n) is 3.53. The maximum absolute atomic E-state index is 13.1. The van der Waals surface area contributed by atoms with Crippen LogP contribution in [-0.4, -0.2) is 20.9 Å². The molecule has 0 atom stereocenters. The lowest BCUT2D eigenvalue weighted by atomic mass is 10.0. The number of nitrogens with one attached hydrogen (secondary N) is 1. The summed E-state index contributed by atoms with van der Waals surface area (Å²) in [6, 6.07) is 21.0. The summed E-state index contributed by atoms with van der Waals surface area (Å²) in [6.07, 6.45) is 1.54. The summed E-state index contributed by atoms with van der Waals surface area (Å²) in [7, 11) is -3.83. The van der Waals surface area contributed by atoms with Crippen molar-refractivity contribution in [3.8, 4) is 11.5 Å². The molecule has 0 unspecified atom stereocenters. The normalized spacial score (nSPS) is 13.4. The Morgan fingerprint density at radius 3 is 2.50 bits per heavy atom. The van der Waals surface area contributed by atoms with E-state index in [4.69, 9.17) is 4.74 Å². The zero-order chi connectivity index (χ0) is 21.1. The van der Waals surface area contributed by atoms with E-state index in [0.717, 1.165) is 24.1 Å². The van der Waals surface area contributed by atoms with Crippen molar-refractivity contribution in [3.05, 3.63) is 78.4 Å². The maximum Gasteiger partial charge on any atom is 0.262 e. The second kappa shape index (κ2) is 8.20. The van der Waals surface area contributed by atoms with Gasteiger partial charge in [0.25, 0.3) is 10.0 Å². The molecule has 1 aliphatic rings. The Kier molecular flexibility index (Phi) is 5.46. The van der Waals surface area contributed by atoms with Crippen molar-refractivity contribution in [1.82, 2.24) is 0 Å². The average molecular weight is 423 g/mol.